The molecule has 0 N–H and O–H groups in total. The zero-order chi connectivity index (χ0) is 21.7. The van der Waals surface area contributed by atoms with Crippen LogP contribution in [-0.2, 0) is 6.42 Å². The second-order valence-electron chi connectivity index (χ2n) is 7.32. The molecule has 0 bridgehead atoms. The van der Waals surface area contributed by atoms with Crippen LogP contribution >= 0.6 is 11.6 Å². The molecule has 2 aromatic carbocycles. The van der Waals surface area contributed by atoms with E-state index >= 15 is 0 Å². The summed E-state index contributed by atoms with van der Waals surface area (Å²) in [4.78, 5) is 32.5. The summed E-state index contributed by atoms with van der Waals surface area (Å²) in [5.74, 6) is -0.771. The van der Waals surface area contributed by atoms with Crippen molar-refractivity contribution in [1.82, 2.24) is 4.98 Å². The molecule has 5 nitrogen and oxygen atoms in total. The molecule has 1 amide bonds. The number of nitrogens with zero attached hydrogens (tertiary/aromatic N) is 2. The highest BCUT2D eigenvalue weighted by Gasteiger charge is 2.44. The van der Waals surface area contributed by atoms with E-state index in [2.05, 4.69) is 4.98 Å². The highest BCUT2D eigenvalue weighted by Crippen LogP contribution is 2.40. The van der Waals surface area contributed by atoms with Gasteiger partial charge in [-0.3, -0.25) is 14.5 Å². The number of hydrogen-bond acceptors (Lipinski definition) is 4. The molecule has 5 rings (SSSR count). The molecule has 2 aromatic heterocycles. The quantitative estimate of drug-likeness (QED) is 0.439. The monoisotopic (exact) mass is 434 g/mol. The molecule has 0 aliphatic carbocycles. The number of aromatic nitrogens is 1. The first-order valence-corrected chi connectivity index (χ1v) is 10.2. The standard InChI is InChI=1S/C24H16ClFN2O3/c1-2-13-3-5-14(6-4-13)21-20-22(29)17-11-16(26)8-9-18(17)31-23(20)24(30)28(21)19-10-7-15(25)12-27-19/h3-12,21H,2H2,1H3. The van der Waals surface area contributed by atoms with Gasteiger partial charge in [0.2, 0.25) is 5.76 Å². The van der Waals surface area contributed by atoms with E-state index in [9.17, 15) is 14.0 Å². The van der Waals surface area contributed by atoms with Gasteiger partial charge in [0.05, 0.1) is 22.0 Å². The average molecular weight is 435 g/mol. The topological polar surface area (TPSA) is 63.4 Å². The highest BCUT2D eigenvalue weighted by atomic mass is 35.5. The Morgan fingerprint density at radius 1 is 1.10 bits per heavy atom. The van der Waals surface area contributed by atoms with Gasteiger partial charge in [0.1, 0.15) is 17.2 Å². The lowest BCUT2D eigenvalue weighted by Crippen LogP contribution is -2.30. The van der Waals surface area contributed by atoms with E-state index < -0.39 is 23.2 Å². The summed E-state index contributed by atoms with van der Waals surface area (Å²) in [6.07, 6.45) is 2.29. The van der Waals surface area contributed by atoms with Crippen LogP contribution in [-0.4, -0.2) is 10.9 Å². The Morgan fingerprint density at radius 3 is 2.55 bits per heavy atom. The molecule has 0 fully saturated rings. The number of carbonyl (C=O) groups is 1. The number of halogens is 2. The van der Waals surface area contributed by atoms with Gasteiger partial charge in [0, 0.05) is 6.20 Å². The summed E-state index contributed by atoms with van der Waals surface area (Å²) in [7, 11) is 0. The van der Waals surface area contributed by atoms with Gasteiger partial charge >= 0.3 is 0 Å². The summed E-state index contributed by atoms with van der Waals surface area (Å²) >= 11 is 5.97. The fraction of sp³-hybridized carbons (Fsp3) is 0.125. The predicted molar refractivity (Wildman–Crippen MR) is 116 cm³/mol. The number of pyridine rings is 1. The molecule has 154 valence electrons. The first-order valence-electron chi connectivity index (χ1n) is 9.78. The van der Waals surface area contributed by atoms with Crippen molar-refractivity contribution in [2.45, 2.75) is 19.4 Å². The number of rotatable bonds is 3. The highest BCUT2D eigenvalue weighted by molar-refractivity contribution is 6.30. The fourth-order valence-corrected chi connectivity index (χ4v) is 4.05. The number of aryl methyl sites for hydroxylation is 1. The minimum absolute atomic E-state index is 0.0644. The van der Waals surface area contributed by atoms with Gasteiger partial charge < -0.3 is 4.42 Å². The van der Waals surface area contributed by atoms with Crippen molar-refractivity contribution in [3.63, 3.8) is 0 Å². The van der Waals surface area contributed by atoms with Crippen molar-refractivity contribution in [3.05, 3.63) is 104 Å². The van der Waals surface area contributed by atoms with E-state index in [1.54, 1.807) is 12.1 Å². The molecule has 1 unspecified atom stereocenters. The van der Waals surface area contributed by atoms with E-state index in [0.717, 1.165) is 23.6 Å². The van der Waals surface area contributed by atoms with E-state index in [1.165, 1.54) is 23.2 Å². The maximum Gasteiger partial charge on any atom is 0.296 e. The van der Waals surface area contributed by atoms with Crippen LogP contribution in [0.25, 0.3) is 11.0 Å². The second-order valence-corrected chi connectivity index (χ2v) is 7.76. The molecule has 1 aliphatic rings. The van der Waals surface area contributed by atoms with Crippen molar-refractivity contribution in [1.29, 1.82) is 0 Å². The number of amides is 1. The van der Waals surface area contributed by atoms with Gasteiger partial charge in [-0.15, -0.1) is 0 Å². The number of hydrogen-bond donors (Lipinski definition) is 0. The number of anilines is 1. The lowest BCUT2D eigenvalue weighted by atomic mass is 9.97. The van der Waals surface area contributed by atoms with Crippen LogP contribution in [0.2, 0.25) is 5.02 Å². The molecular formula is C24H16ClFN2O3. The van der Waals surface area contributed by atoms with Crippen LogP contribution in [0.1, 0.15) is 40.2 Å². The van der Waals surface area contributed by atoms with Gasteiger partial charge in [-0.2, -0.15) is 0 Å². The average Bonchev–Trinajstić information content (AvgIpc) is 3.07. The van der Waals surface area contributed by atoms with E-state index in [-0.39, 0.29) is 22.3 Å². The summed E-state index contributed by atoms with van der Waals surface area (Å²) in [6, 6.07) is 13.8. The van der Waals surface area contributed by atoms with Crippen molar-refractivity contribution in [3.8, 4) is 0 Å². The van der Waals surface area contributed by atoms with E-state index in [4.69, 9.17) is 16.0 Å². The smallest absolute Gasteiger partial charge is 0.296 e. The molecule has 7 heteroatoms. The van der Waals surface area contributed by atoms with Gasteiger partial charge in [-0.1, -0.05) is 42.8 Å². The van der Waals surface area contributed by atoms with Gasteiger partial charge in [-0.05, 0) is 47.9 Å². The Labute approximate surface area is 181 Å². The zero-order valence-electron chi connectivity index (χ0n) is 16.4. The second kappa shape index (κ2) is 7.32. The Bertz CT molecular complexity index is 1380. The molecule has 0 saturated heterocycles. The van der Waals surface area contributed by atoms with Crippen molar-refractivity contribution >= 4 is 34.3 Å². The largest absolute Gasteiger partial charge is 0.450 e. The third kappa shape index (κ3) is 3.11. The molecule has 0 radical (unpaired) electrons. The number of fused-ring (bicyclic) bond motifs is 2. The molecule has 0 saturated carbocycles. The summed E-state index contributed by atoms with van der Waals surface area (Å²) < 4.78 is 19.7. The molecule has 31 heavy (non-hydrogen) atoms. The minimum atomic E-state index is -0.758. The Balaban J connectivity index is 1.79. The van der Waals surface area contributed by atoms with Crippen LogP contribution in [0.5, 0.6) is 0 Å². The molecule has 0 spiro atoms. The SMILES string of the molecule is CCc1ccc(C2c3c(oc4ccc(F)cc4c3=O)C(=O)N2c2ccc(Cl)cn2)cc1. The summed E-state index contributed by atoms with van der Waals surface area (Å²) in [6.45, 7) is 2.04. The maximum atomic E-state index is 13.8. The predicted octanol–water partition coefficient (Wildman–Crippen LogP) is 5.29. The normalized spacial score (nSPS) is 15.5. The van der Waals surface area contributed by atoms with Crippen LogP contribution in [0, 0.1) is 5.82 Å². The first kappa shape index (κ1) is 19.5. The van der Waals surface area contributed by atoms with Crippen LogP contribution < -0.4 is 10.3 Å². The maximum absolute atomic E-state index is 13.8. The zero-order valence-corrected chi connectivity index (χ0v) is 17.2. The third-order valence-corrected chi connectivity index (χ3v) is 5.72. The Morgan fingerprint density at radius 2 is 1.87 bits per heavy atom. The lowest BCUT2D eigenvalue weighted by Gasteiger charge is -2.24. The Kier molecular flexibility index (Phi) is 4.59. The molecule has 1 aliphatic heterocycles. The first-order chi connectivity index (χ1) is 15.0. The number of benzene rings is 2. The minimum Gasteiger partial charge on any atom is -0.450 e. The van der Waals surface area contributed by atoms with Crippen LogP contribution in [0.3, 0.4) is 0 Å². The Hall–Kier alpha value is -3.51. The summed E-state index contributed by atoms with van der Waals surface area (Å²) in [5, 5.41) is 0.514. The molecule has 4 aromatic rings. The van der Waals surface area contributed by atoms with Crippen LogP contribution in [0.4, 0.5) is 10.2 Å². The van der Waals surface area contributed by atoms with E-state index in [1.807, 2.05) is 31.2 Å². The molecule has 1 atom stereocenters. The molecule has 3 heterocycles. The summed E-state index contributed by atoms with van der Waals surface area (Å²) in [5.41, 5.74) is 1.74. The van der Waals surface area contributed by atoms with Gasteiger partial charge in [0.25, 0.3) is 5.91 Å². The van der Waals surface area contributed by atoms with Crippen LogP contribution in [0.15, 0.2) is 70.0 Å². The third-order valence-electron chi connectivity index (χ3n) is 5.49. The fourth-order valence-electron chi connectivity index (χ4n) is 3.94. The van der Waals surface area contributed by atoms with E-state index in [0.29, 0.717) is 10.8 Å². The van der Waals surface area contributed by atoms with Gasteiger partial charge in [-0.25, -0.2) is 9.37 Å². The van der Waals surface area contributed by atoms with Crippen molar-refractivity contribution in [2.24, 2.45) is 0 Å². The lowest BCUT2D eigenvalue weighted by molar-refractivity contribution is 0.0970. The van der Waals surface area contributed by atoms with Gasteiger partial charge in [0.15, 0.2) is 5.43 Å². The van der Waals surface area contributed by atoms with Crippen molar-refractivity contribution < 1.29 is 13.6 Å². The van der Waals surface area contributed by atoms with Crippen molar-refractivity contribution in [2.75, 3.05) is 4.90 Å². The number of carbonyl (C=O) groups excluding carboxylic acids is 1. The molecular weight excluding hydrogens is 419 g/mol.